The molecule has 0 amide bonds. The van der Waals surface area contributed by atoms with E-state index in [-0.39, 0.29) is 0 Å². The van der Waals surface area contributed by atoms with Crippen LogP contribution < -0.4 is 0 Å². The Hall–Kier alpha value is -0.730. The number of fused-ring (bicyclic) bond motifs is 3. The molecule has 0 radical (unpaired) electrons. The van der Waals surface area contributed by atoms with Crippen molar-refractivity contribution in [2.24, 2.45) is 0 Å². The maximum absolute atomic E-state index is 6.00. The molecule has 0 atom stereocenters. The van der Waals surface area contributed by atoms with E-state index in [1.54, 1.807) is 0 Å². The molecule has 1 aliphatic carbocycles. The number of furan rings is 1. The predicted molar refractivity (Wildman–Crippen MR) is 66.1 cm³/mol. The van der Waals surface area contributed by atoms with E-state index in [9.17, 15) is 0 Å². The number of allylic oxidation sites excluding steroid dienone is 1. The van der Waals surface area contributed by atoms with Crippen molar-refractivity contribution in [1.82, 2.24) is 0 Å². The van der Waals surface area contributed by atoms with Gasteiger partial charge < -0.3 is 4.42 Å². The van der Waals surface area contributed by atoms with Gasteiger partial charge in [0, 0.05) is 20.5 Å². The Morgan fingerprint density at radius 2 is 2.13 bits per heavy atom. The summed E-state index contributed by atoms with van der Waals surface area (Å²) in [5.41, 5.74) is 2.19. The Morgan fingerprint density at radius 3 is 3.00 bits per heavy atom. The zero-order valence-corrected chi connectivity index (χ0v) is 10.2. The molecule has 0 spiro atoms. The third-order valence-electron chi connectivity index (χ3n) is 2.70. The fourth-order valence-corrected chi connectivity index (χ4v) is 2.79. The Morgan fingerprint density at radius 1 is 1.27 bits per heavy atom. The fraction of sp³-hybridized carbons (Fsp3) is 0.167. The highest BCUT2D eigenvalue weighted by molar-refractivity contribution is 9.10. The molecule has 0 bridgehead atoms. The molecule has 0 unspecified atom stereocenters. The maximum atomic E-state index is 6.00. The van der Waals surface area contributed by atoms with Gasteiger partial charge in [0.2, 0.25) is 0 Å². The summed E-state index contributed by atoms with van der Waals surface area (Å²) in [7, 11) is 0. The van der Waals surface area contributed by atoms with Crippen LogP contribution in [-0.4, -0.2) is 0 Å². The molecule has 3 rings (SSSR count). The van der Waals surface area contributed by atoms with Crippen LogP contribution >= 0.6 is 27.5 Å². The molecule has 0 aliphatic heterocycles. The van der Waals surface area contributed by atoms with Gasteiger partial charge in [-0.2, -0.15) is 0 Å². The highest BCUT2D eigenvalue weighted by atomic mass is 79.9. The molecule has 15 heavy (non-hydrogen) atoms. The lowest BCUT2D eigenvalue weighted by Gasteiger charge is -2.06. The lowest BCUT2D eigenvalue weighted by atomic mass is 10.0. The second-order valence-corrected chi connectivity index (χ2v) is 4.99. The van der Waals surface area contributed by atoms with Gasteiger partial charge >= 0.3 is 0 Å². The minimum atomic E-state index is 0.873. The zero-order chi connectivity index (χ0) is 10.4. The number of benzene rings is 1. The molecule has 0 N–H and O–H groups in total. The van der Waals surface area contributed by atoms with Crippen molar-refractivity contribution >= 4 is 44.6 Å². The SMILES string of the molecule is ClC1=Cc2oc3cccc(Br)c3c2CC1. The lowest BCUT2D eigenvalue weighted by Crippen LogP contribution is -1.92. The van der Waals surface area contributed by atoms with Crippen LogP contribution in [0.15, 0.2) is 32.1 Å². The van der Waals surface area contributed by atoms with Crippen molar-refractivity contribution in [3.05, 3.63) is 39.0 Å². The van der Waals surface area contributed by atoms with Crippen LogP contribution in [0.1, 0.15) is 17.7 Å². The van der Waals surface area contributed by atoms with E-state index in [2.05, 4.69) is 15.9 Å². The van der Waals surface area contributed by atoms with Gasteiger partial charge in [0.25, 0.3) is 0 Å². The molecular formula is C12H8BrClO. The van der Waals surface area contributed by atoms with Gasteiger partial charge in [-0.25, -0.2) is 0 Å². The second-order valence-electron chi connectivity index (χ2n) is 3.65. The summed E-state index contributed by atoms with van der Waals surface area (Å²) in [6.45, 7) is 0. The van der Waals surface area contributed by atoms with Crippen LogP contribution in [0, 0.1) is 0 Å². The zero-order valence-electron chi connectivity index (χ0n) is 7.89. The van der Waals surface area contributed by atoms with Crippen LogP contribution in [0.3, 0.4) is 0 Å². The number of aryl methyl sites for hydroxylation is 1. The average Bonchev–Trinajstić information content (AvgIpc) is 2.56. The summed E-state index contributed by atoms with van der Waals surface area (Å²) in [4.78, 5) is 0. The summed E-state index contributed by atoms with van der Waals surface area (Å²) in [6.07, 6.45) is 3.79. The molecule has 1 aromatic carbocycles. The fourth-order valence-electron chi connectivity index (χ4n) is 2.01. The molecule has 1 aliphatic rings. The van der Waals surface area contributed by atoms with Gasteiger partial charge in [-0.1, -0.05) is 33.6 Å². The second kappa shape index (κ2) is 3.39. The van der Waals surface area contributed by atoms with Crippen LogP contribution in [0.4, 0.5) is 0 Å². The number of rotatable bonds is 0. The molecule has 0 saturated heterocycles. The summed E-state index contributed by atoms with van der Waals surface area (Å²) >= 11 is 9.56. The van der Waals surface area contributed by atoms with E-state index in [1.165, 1.54) is 10.9 Å². The van der Waals surface area contributed by atoms with E-state index in [0.29, 0.717) is 0 Å². The van der Waals surface area contributed by atoms with E-state index in [1.807, 2.05) is 24.3 Å². The average molecular weight is 284 g/mol. The lowest BCUT2D eigenvalue weighted by molar-refractivity contribution is 0.595. The normalized spacial score (nSPS) is 15.2. The Labute approximate surface area is 101 Å². The predicted octanol–water partition coefficient (Wildman–Crippen LogP) is 4.72. The minimum Gasteiger partial charge on any atom is -0.456 e. The Balaban J connectivity index is 2.39. The van der Waals surface area contributed by atoms with Crippen LogP contribution in [0.25, 0.3) is 17.0 Å². The summed E-state index contributed by atoms with van der Waals surface area (Å²) in [6, 6.07) is 6.00. The standard InChI is InChI=1S/C12H8BrClO/c13-9-2-1-3-10-12(9)8-5-4-7(14)6-11(8)15-10/h1-3,6H,4-5H2. The van der Waals surface area contributed by atoms with Crippen molar-refractivity contribution in [2.75, 3.05) is 0 Å². The number of hydrogen-bond acceptors (Lipinski definition) is 1. The van der Waals surface area contributed by atoms with E-state index in [0.717, 1.165) is 33.7 Å². The van der Waals surface area contributed by atoms with Crippen LogP contribution in [-0.2, 0) is 6.42 Å². The first-order valence-electron chi connectivity index (χ1n) is 4.81. The van der Waals surface area contributed by atoms with Crippen molar-refractivity contribution in [2.45, 2.75) is 12.8 Å². The smallest absolute Gasteiger partial charge is 0.136 e. The number of halogens is 2. The van der Waals surface area contributed by atoms with Crippen molar-refractivity contribution in [3.8, 4) is 0 Å². The summed E-state index contributed by atoms with van der Waals surface area (Å²) < 4.78 is 6.84. The topological polar surface area (TPSA) is 13.1 Å². The van der Waals surface area contributed by atoms with Crippen LogP contribution in [0.5, 0.6) is 0 Å². The molecule has 3 heteroatoms. The van der Waals surface area contributed by atoms with Gasteiger partial charge in [0.05, 0.1) is 0 Å². The summed E-state index contributed by atoms with van der Waals surface area (Å²) in [5.74, 6) is 0.910. The quantitative estimate of drug-likeness (QED) is 0.682. The molecule has 1 nitrogen and oxygen atoms in total. The van der Waals surface area contributed by atoms with Gasteiger partial charge in [-0.3, -0.25) is 0 Å². The van der Waals surface area contributed by atoms with Gasteiger partial charge in [-0.05, 0) is 31.1 Å². The third kappa shape index (κ3) is 1.44. The highest BCUT2D eigenvalue weighted by Crippen LogP contribution is 2.37. The van der Waals surface area contributed by atoms with E-state index in [4.69, 9.17) is 16.0 Å². The van der Waals surface area contributed by atoms with Gasteiger partial charge in [0.1, 0.15) is 11.3 Å². The summed E-state index contributed by atoms with van der Waals surface area (Å²) in [5, 5.41) is 2.06. The van der Waals surface area contributed by atoms with E-state index >= 15 is 0 Å². The van der Waals surface area contributed by atoms with E-state index < -0.39 is 0 Å². The number of hydrogen-bond donors (Lipinski definition) is 0. The van der Waals surface area contributed by atoms with Gasteiger partial charge in [-0.15, -0.1) is 0 Å². The Kier molecular flexibility index (Phi) is 2.15. The van der Waals surface area contributed by atoms with Gasteiger partial charge in [0.15, 0.2) is 0 Å². The molecule has 0 fully saturated rings. The van der Waals surface area contributed by atoms with Crippen LogP contribution in [0.2, 0.25) is 0 Å². The first kappa shape index (κ1) is 9.49. The maximum Gasteiger partial charge on any atom is 0.136 e. The molecule has 0 saturated carbocycles. The van der Waals surface area contributed by atoms with Crippen molar-refractivity contribution in [1.29, 1.82) is 0 Å². The molecule has 76 valence electrons. The highest BCUT2D eigenvalue weighted by Gasteiger charge is 2.18. The first-order chi connectivity index (χ1) is 7.25. The Bertz CT molecular complexity index is 568. The monoisotopic (exact) mass is 282 g/mol. The third-order valence-corrected chi connectivity index (χ3v) is 3.65. The molecule has 1 heterocycles. The molecular weight excluding hydrogens is 275 g/mol. The largest absolute Gasteiger partial charge is 0.456 e. The first-order valence-corrected chi connectivity index (χ1v) is 5.99. The van der Waals surface area contributed by atoms with Crippen molar-refractivity contribution < 1.29 is 4.42 Å². The molecule has 1 aromatic heterocycles. The van der Waals surface area contributed by atoms with Crippen molar-refractivity contribution in [3.63, 3.8) is 0 Å². The minimum absolute atomic E-state index is 0.873. The molecule has 2 aromatic rings.